The van der Waals surface area contributed by atoms with Gasteiger partial charge in [-0.1, -0.05) is 0 Å². The van der Waals surface area contributed by atoms with Gasteiger partial charge in [0, 0.05) is 50.5 Å². The molecule has 0 saturated carbocycles. The predicted molar refractivity (Wildman–Crippen MR) is 120 cm³/mol. The van der Waals surface area contributed by atoms with Crippen LogP contribution in [0.5, 0.6) is 0 Å². The summed E-state index contributed by atoms with van der Waals surface area (Å²) < 4.78 is 95.2. The van der Waals surface area contributed by atoms with Crippen LogP contribution < -0.4 is 0 Å². The molecule has 0 aliphatic carbocycles. The van der Waals surface area contributed by atoms with Crippen molar-refractivity contribution < 1.29 is 59.3 Å². The number of pyridine rings is 1. The highest BCUT2D eigenvalue weighted by Gasteiger charge is 2.40. The molecule has 0 unspecified atom stereocenters. The Bertz CT molecular complexity index is 975. The van der Waals surface area contributed by atoms with Gasteiger partial charge in [0.15, 0.2) is 0 Å². The highest BCUT2D eigenvalue weighted by Crippen LogP contribution is 2.35. The van der Waals surface area contributed by atoms with Gasteiger partial charge in [-0.2, -0.15) is 26.3 Å². The third-order valence-corrected chi connectivity index (χ3v) is 7.58. The van der Waals surface area contributed by atoms with Gasteiger partial charge in [0.1, 0.15) is 0 Å². The summed E-state index contributed by atoms with van der Waals surface area (Å²) in [4.78, 5) is 24.3. The Labute approximate surface area is 215 Å². The first kappa shape index (κ1) is 33.5. The van der Waals surface area contributed by atoms with Gasteiger partial charge >= 0.3 is 24.3 Å². The van der Waals surface area contributed by atoms with E-state index in [0.29, 0.717) is 13.1 Å². The fourth-order valence-corrected chi connectivity index (χ4v) is 4.79. The summed E-state index contributed by atoms with van der Waals surface area (Å²) in [6, 6.07) is 4.10. The highest BCUT2D eigenvalue weighted by atomic mass is 32.2. The van der Waals surface area contributed by atoms with Crippen LogP contribution in [0.25, 0.3) is 0 Å². The van der Waals surface area contributed by atoms with Gasteiger partial charge in [-0.25, -0.2) is 22.3 Å². The Balaban J connectivity index is 0.000000426. The lowest BCUT2D eigenvalue weighted by Gasteiger charge is -2.42. The number of rotatable bonds is 4. The summed E-state index contributed by atoms with van der Waals surface area (Å²) in [5.74, 6) is -5.33. The second-order valence-corrected chi connectivity index (χ2v) is 10.8. The molecule has 0 radical (unpaired) electrons. The first-order chi connectivity index (χ1) is 17.4. The van der Waals surface area contributed by atoms with Crippen molar-refractivity contribution in [2.75, 3.05) is 45.1 Å². The van der Waals surface area contributed by atoms with E-state index in [-0.39, 0.29) is 11.2 Å². The van der Waals surface area contributed by atoms with Gasteiger partial charge in [-0.3, -0.25) is 9.88 Å². The highest BCUT2D eigenvalue weighted by molar-refractivity contribution is 7.89. The summed E-state index contributed by atoms with van der Waals surface area (Å²) >= 11 is 0. The van der Waals surface area contributed by atoms with E-state index in [2.05, 4.69) is 22.0 Å². The third kappa shape index (κ3) is 11.5. The maximum absolute atomic E-state index is 12.1. The largest absolute Gasteiger partial charge is 0.490 e. The number of halogens is 6. The summed E-state index contributed by atoms with van der Waals surface area (Å²) in [7, 11) is -3.08. The molecule has 3 rings (SSSR count). The zero-order chi connectivity index (χ0) is 29.2. The van der Waals surface area contributed by atoms with Crippen LogP contribution in [0.3, 0.4) is 0 Å². The van der Waals surface area contributed by atoms with E-state index in [0.717, 1.165) is 45.7 Å². The monoisotopic (exact) mass is 581 g/mol. The minimum absolute atomic E-state index is 0.0727. The van der Waals surface area contributed by atoms with E-state index in [4.69, 9.17) is 24.5 Å². The predicted octanol–water partition coefficient (Wildman–Crippen LogP) is 2.61. The Morgan fingerprint density at radius 1 is 1.00 bits per heavy atom. The van der Waals surface area contributed by atoms with E-state index in [1.807, 2.05) is 12.4 Å². The lowest BCUT2D eigenvalue weighted by molar-refractivity contribution is -0.193. The molecule has 0 aromatic carbocycles. The van der Waals surface area contributed by atoms with Crippen LogP contribution in [0, 0.1) is 5.41 Å². The van der Waals surface area contributed by atoms with E-state index in [1.165, 1.54) is 5.56 Å². The number of aromatic nitrogens is 1. The molecular weight excluding hydrogens is 552 g/mol. The van der Waals surface area contributed by atoms with E-state index in [9.17, 15) is 34.8 Å². The molecule has 218 valence electrons. The van der Waals surface area contributed by atoms with Crippen molar-refractivity contribution in [2.24, 2.45) is 5.41 Å². The van der Waals surface area contributed by atoms with Gasteiger partial charge in [0.2, 0.25) is 10.0 Å². The molecule has 3 heterocycles. The Hall–Kier alpha value is -2.50. The second kappa shape index (κ2) is 14.0. The average molecular weight is 582 g/mol. The summed E-state index contributed by atoms with van der Waals surface area (Å²) in [6.07, 6.45) is -4.76. The molecule has 0 atom stereocenters. The molecule has 2 aliphatic heterocycles. The quantitative estimate of drug-likeness (QED) is 0.514. The van der Waals surface area contributed by atoms with Crippen molar-refractivity contribution >= 4 is 22.0 Å². The molecular formula is C21H29F6N3O7S. The van der Waals surface area contributed by atoms with E-state index >= 15 is 0 Å². The molecule has 2 fully saturated rings. The molecule has 2 saturated heterocycles. The third-order valence-electron chi connectivity index (χ3n) is 5.70. The smallest absolute Gasteiger partial charge is 0.475 e. The molecule has 10 nitrogen and oxygen atoms in total. The molecule has 0 amide bonds. The van der Waals surface area contributed by atoms with Crippen molar-refractivity contribution in [3.63, 3.8) is 0 Å². The molecule has 1 aromatic rings. The van der Waals surface area contributed by atoms with Gasteiger partial charge in [0.05, 0.1) is 19.0 Å². The van der Waals surface area contributed by atoms with Crippen molar-refractivity contribution in [1.29, 1.82) is 0 Å². The lowest BCUT2D eigenvalue weighted by Crippen LogP contribution is -2.49. The minimum atomic E-state index is -5.08. The van der Waals surface area contributed by atoms with Crippen molar-refractivity contribution in [3.8, 4) is 0 Å². The maximum atomic E-state index is 12.1. The van der Waals surface area contributed by atoms with Crippen molar-refractivity contribution in [2.45, 2.75) is 38.7 Å². The number of ether oxygens (including phenoxy) is 1. The number of carboxylic acids is 2. The van der Waals surface area contributed by atoms with E-state index < -0.39 is 34.3 Å². The number of hydrogen-bond acceptors (Lipinski definition) is 7. The zero-order valence-electron chi connectivity index (χ0n) is 20.3. The zero-order valence-corrected chi connectivity index (χ0v) is 21.2. The van der Waals surface area contributed by atoms with Crippen LogP contribution in [0.15, 0.2) is 24.5 Å². The number of carboxylic acid groups (broad SMARTS) is 2. The van der Waals surface area contributed by atoms with Gasteiger partial charge in [-0.05, 0) is 37.5 Å². The van der Waals surface area contributed by atoms with Crippen LogP contribution in [-0.2, 0) is 30.9 Å². The first-order valence-corrected chi connectivity index (χ1v) is 12.8. The molecule has 38 heavy (non-hydrogen) atoms. The number of hydrogen-bond donors (Lipinski definition) is 2. The van der Waals surface area contributed by atoms with Gasteiger partial charge in [0.25, 0.3) is 0 Å². The maximum Gasteiger partial charge on any atom is 0.490 e. The summed E-state index contributed by atoms with van der Waals surface area (Å²) in [5, 5.41) is 14.2. The molecule has 17 heteroatoms. The van der Waals surface area contributed by atoms with Crippen molar-refractivity contribution in [1.82, 2.24) is 14.2 Å². The lowest BCUT2D eigenvalue weighted by atomic mass is 9.79. The number of aliphatic carboxylic acids is 2. The fraction of sp³-hybridized carbons (Fsp3) is 0.667. The van der Waals surface area contributed by atoms with Crippen LogP contribution in [0.1, 0.15) is 25.3 Å². The second-order valence-electron chi connectivity index (χ2n) is 8.52. The Morgan fingerprint density at radius 2 is 1.47 bits per heavy atom. The van der Waals surface area contributed by atoms with Crippen LogP contribution >= 0.6 is 0 Å². The van der Waals surface area contributed by atoms with Crippen molar-refractivity contribution in [3.05, 3.63) is 30.1 Å². The normalized spacial score (nSPS) is 18.8. The van der Waals surface area contributed by atoms with Gasteiger partial charge < -0.3 is 14.9 Å². The minimum Gasteiger partial charge on any atom is -0.475 e. The molecule has 0 bridgehead atoms. The summed E-state index contributed by atoms with van der Waals surface area (Å²) in [5.41, 5.74) is 1.33. The van der Waals surface area contributed by atoms with Crippen LogP contribution in [0.2, 0.25) is 0 Å². The topological polar surface area (TPSA) is 137 Å². The van der Waals surface area contributed by atoms with E-state index in [1.54, 1.807) is 11.2 Å². The SMILES string of the molecule is CCS(=O)(=O)N1CCC2(CC1)COCCN(Cc1ccncc1)C2.O=C(O)C(F)(F)F.O=C(O)C(F)(F)F. The fourth-order valence-electron chi connectivity index (χ4n) is 3.69. The number of alkyl halides is 6. The molecule has 1 aromatic heterocycles. The molecule has 1 spiro atoms. The molecule has 2 N–H and O–H groups in total. The number of sulfonamides is 1. The van der Waals surface area contributed by atoms with Gasteiger partial charge in [-0.15, -0.1) is 0 Å². The first-order valence-electron chi connectivity index (χ1n) is 11.2. The Morgan fingerprint density at radius 3 is 1.89 bits per heavy atom. The molecule has 2 aliphatic rings. The van der Waals surface area contributed by atoms with Crippen LogP contribution in [-0.4, -0.2) is 102 Å². The average Bonchev–Trinajstić information content (AvgIpc) is 3.01. The standard InChI is InChI=1S/C17H27N3O3S.2C2HF3O2/c1-2-24(21,22)20-9-5-17(6-10-20)14-19(11-12-23-15-17)13-16-3-7-18-8-4-16;2*3-2(4,5)1(6)7/h3-4,7-8H,2,5-6,9-15H2,1H3;2*(H,6,7). The number of nitrogens with zero attached hydrogens (tertiary/aromatic N) is 3. The van der Waals surface area contributed by atoms with Crippen LogP contribution in [0.4, 0.5) is 26.3 Å². The number of piperidine rings is 1. The Kier molecular flexibility index (Phi) is 12.4. The summed E-state index contributed by atoms with van der Waals surface area (Å²) in [6.45, 7) is 7.20. The number of carbonyl (C=O) groups is 2.